The van der Waals surface area contributed by atoms with Crippen LogP contribution in [0.4, 0.5) is 4.39 Å². The SMILES string of the molecule is CC(C)(C)C(N)c1noc(-c2ccc(F)cc2Br)n1. The molecule has 1 heterocycles. The number of nitrogens with two attached hydrogens (primary N) is 1. The molecule has 0 radical (unpaired) electrons. The molecule has 19 heavy (non-hydrogen) atoms. The molecule has 0 amide bonds. The van der Waals surface area contributed by atoms with Gasteiger partial charge in [-0.05, 0) is 39.5 Å². The van der Waals surface area contributed by atoms with E-state index in [4.69, 9.17) is 10.3 Å². The van der Waals surface area contributed by atoms with E-state index in [0.29, 0.717) is 21.8 Å². The average molecular weight is 328 g/mol. The van der Waals surface area contributed by atoms with Crippen molar-refractivity contribution in [3.05, 3.63) is 34.3 Å². The average Bonchev–Trinajstić information content (AvgIpc) is 2.75. The Morgan fingerprint density at radius 1 is 1.37 bits per heavy atom. The van der Waals surface area contributed by atoms with Gasteiger partial charge in [0.1, 0.15) is 5.82 Å². The minimum atomic E-state index is -0.332. The second-order valence-corrected chi connectivity index (χ2v) is 6.28. The van der Waals surface area contributed by atoms with Gasteiger partial charge in [0.05, 0.1) is 11.6 Å². The molecule has 0 fully saturated rings. The summed E-state index contributed by atoms with van der Waals surface area (Å²) in [4.78, 5) is 4.28. The van der Waals surface area contributed by atoms with Crippen LogP contribution in [0.1, 0.15) is 32.6 Å². The normalized spacial score (nSPS) is 13.6. The smallest absolute Gasteiger partial charge is 0.259 e. The molecule has 0 aliphatic heterocycles. The molecule has 0 aliphatic rings. The molecule has 2 aromatic rings. The predicted octanol–water partition coefficient (Wildman–Crippen LogP) is 3.68. The molecule has 0 spiro atoms. The summed E-state index contributed by atoms with van der Waals surface area (Å²) in [6.45, 7) is 6.00. The molecule has 0 bridgehead atoms. The standard InChI is InChI=1S/C13H15BrFN3O/c1-13(2,3)10(16)11-17-12(19-18-11)8-5-4-7(15)6-9(8)14/h4-6,10H,16H2,1-3H3. The van der Waals surface area contributed by atoms with E-state index in [1.54, 1.807) is 6.07 Å². The Bertz CT molecular complexity index is 592. The van der Waals surface area contributed by atoms with Gasteiger partial charge in [-0.15, -0.1) is 0 Å². The lowest BCUT2D eigenvalue weighted by molar-refractivity contribution is 0.303. The van der Waals surface area contributed by atoms with Gasteiger partial charge in [-0.1, -0.05) is 25.9 Å². The molecule has 1 atom stereocenters. The highest BCUT2D eigenvalue weighted by Gasteiger charge is 2.27. The zero-order valence-corrected chi connectivity index (χ0v) is 12.5. The van der Waals surface area contributed by atoms with Gasteiger partial charge in [0.15, 0.2) is 5.82 Å². The minimum absolute atomic E-state index is 0.166. The van der Waals surface area contributed by atoms with Crippen LogP contribution >= 0.6 is 15.9 Å². The number of hydrogen-bond donors (Lipinski definition) is 1. The molecule has 2 N–H and O–H groups in total. The third-order valence-corrected chi connectivity index (χ3v) is 3.47. The van der Waals surface area contributed by atoms with Crippen molar-refractivity contribution in [2.75, 3.05) is 0 Å². The number of hydrogen-bond acceptors (Lipinski definition) is 4. The van der Waals surface area contributed by atoms with E-state index in [0.717, 1.165) is 0 Å². The van der Waals surface area contributed by atoms with Crippen molar-refractivity contribution in [3.63, 3.8) is 0 Å². The van der Waals surface area contributed by atoms with Gasteiger partial charge >= 0.3 is 0 Å². The van der Waals surface area contributed by atoms with E-state index >= 15 is 0 Å². The predicted molar refractivity (Wildman–Crippen MR) is 73.8 cm³/mol. The van der Waals surface area contributed by atoms with Crippen molar-refractivity contribution in [1.82, 2.24) is 10.1 Å². The van der Waals surface area contributed by atoms with Crippen LogP contribution < -0.4 is 5.73 Å². The third-order valence-electron chi connectivity index (χ3n) is 2.81. The first-order chi connectivity index (χ1) is 8.79. The van der Waals surface area contributed by atoms with Crippen LogP contribution in [0.15, 0.2) is 27.2 Å². The van der Waals surface area contributed by atoms with E-state index in [1.807, 2.05) is 20.8 Å². The van der Waals surface area contributed by atoms with Crippen LogP contribution in [0.2, 0.25) is 0 Å². The van der Waals surface area contributed by atoms with Gasteiger partial charge in [0.2, 0.25) is 0 Å². The fourth-order valence-electron chi connectivity index (χ4n) is 1.52. The Balaban J connectivity index is 2.36. The van der Waals surface area contributed by atoms with Gasteiger partial charge in [-0.2, -0.15) is 4.98 Å². The summed E-state index contributed by atoms with van der Waals surface area (Å²) in [5, 5.41) is 3.90. The Morgan fingerprint density at radius 2 is 2.05 bits per heavy atom. The van der Waals surface area contributed by atoms with Crippen LogP contribution in [-0.4, -0.2) is 10.1 Å². The fourth-order valence-corrected chi connectivity index (χ4v) is 2.04. The van der Waals surface area contributed by atoms with E-state index in [9.17, 15) is 4.39 Å². The summed E-state index contributed by atoms with van der Waals surface area (Å²) in [7, 11) is 0. The Hall–Kier alpha value is -1.27. The summed E-state index contributed by atoms with van der Waals surface area (Å²) in [5.41, 5.74) is 6.54. The zero-order valence-electron chi connectivity index (χ0n) is 10.9. The van der Waals surface area contributed by atoms with Gasteiger partial charge in [-0.25, -0.2) is 4.39 Å². The third kappa shape index (κ3) is 3.01. The van der Waals surface area contributed by atoms with Crippen LogP contribution in [0, 0.1) is 11.2 Å². The summed E-state index contributed by atoms with van der Waals surface area (Å²) in [5.74, 6) is 0.432. The van der Waals surface area contributed by atoms with Gasteiger partial charge in [0.25, 0.3) is 5.89 Å². The summed E-state index contributed by atoms with van der Waals surface area (Å²) < 4.78 is 18.8. The maximum Gasteiger partial charge on any atom is 0.259 e. The number of rotatable bonds is 2. The first-order valence-corrected chi connectivity index (χ1v) is 6.63. The lowest BCUT2D eigenvalue weighted by Crippen LogP contribution is -2.27. The van der Waals surface area contributed by atoms with Crippen molar-refractivity contribution in [3.8, 4) is 11.5 Å². The molecule has 0 aliphatic carbocycles. The first kappa shape index (κ1) is 14.1. The molecule has 2 rings (SSSR count). The molecule has 0 saturated heterocycles. The lowest BCUT2D eigenvalue weighted by atomic mass is 9.87. The van der Waals surface area contributed by atoms with Crippen LogP contribution in [0.25, 0.3) is 11.5 Å². The number of nitrogens with zero attached hydrogens (tertiary/aromatic N) is 2. The second-order valence-electron chi connectivity index (χ2n) is 5.43. The largest absolute Gasteiger partial charge is 0.334 e. The molecular formula is C13H15BrFN3O. The quantitative estimate of drug-likeness (QED) is 0.913. The Morgan fingerprint density at radius 3 is 2.63 bits per heavy atom. The minimum Gasteiger partial charge on any atom is -0.334 e. The van der Waals surface area contributed by atoms with E-state index < -0.39 is 0 Å². The van der Waals surface area contributed by atoms with Crippen molar-refractivity contribution in [1.29, 1.82) is 0 Å². The van der Waals surface area contributed by atoms with Crippen molar-refractivity contribution < 1.29 is 8.91 Å². The molecular weight excluding hydrogens is 313 g/mol. The van der Waals surface area contributed by atoms with Gasteiger partial charge < -0.3 is 10.3 Å². The highest BCUT2D eigenvalue weighted by Crippen LogP contribution is 2.32. The van der Waals surface area contributed by atoms with E-state index in [-0.39, 0.29) is 17.3 Å². The molecule has 0 saturated carbocycles. The second kappa shape index (κ2) is 5.02. The maximum atomic E-state index is 13.0. The van der Waals surface area contributed by atoms with Crippen LogP contribution in [0.5, 0.6) is 0 Å². The number of halogens is 2. The van der Waals surface area contributed by atoms with Crippen molar-refractivity contribution >= 4 is 15.9 Å². The number of aromatic nitrogens is 2. The Labute approximate surface area is 119 Å². The summed E-state index contributed by atoms with van der Waals surface area (Å²) in [6, 6.07) is 3.94. The summed E-state index contributed by atoms with van der Waals surface area (Å²) >= 11 is 3.27. The highest BCUT2D eigenvalue weighted by atomic mass is 79.9. The first-order valence-electron chi connectivity index (χ1n) is 5.83. The van der Waals surface area contributed by atoms with Gasteiger partial charge in [-0.3, -0.25) is 0 Å². The van der Waals surface area contributed by atoms with Gasteiger partial charge in [0, 0.05) is 4.47 Å². The Kier molecular flexibility index (Phi) is 3.73. The van der Waals surface area contributed by atoms with Crippen molar-refractivity contribution in [2.45, 2.75) is 26.8 Å². The van der Waals surface area contributed by atoms with Crippen molar-refractivity contribution in [2.24, 2.45) is 11.1 Å². The fraction of sp³-hybridized carbons (Fsp3) is 0.385. The topological polar surface area (TPSA) is 64.9 Å². The van der Waals surface area contributed by atoms with Crippen LogP contribution in [-0.2, 0) is 0 Å². The van der Waals surface area contributed by atoms with E-state index in [2.05, 4.69) is 26.1 Å². The molecule has 1 aromatic heterocycles. The summed E-state index contributed by atoms with van der Waals surface area (Å²) in [6.07, 6.45) is 0. The molecule has 6 heteroatoms. The monoisotopic (exact) mass is 327 g/mol. The molecule has 102 valence electrons. The maximum absolute atomic E-state index is 13.0. The number of benzene rings is 1. The zero-order chi connectivity index (χ0) is 14.2. The van der Waals surface area contributed by atoms with E-state index in [1.165, 1.54) is 12.1 Å². The highest BCUT2D eigenvalue weighted by molar-refractivity contribution is 9.10. The molecule has 4 nitrogen and oxygen atoms in total. The molecule has 1 unspecified atom stereocenters. The van der Waals surface area contributed by atoms with Crippen LogP contribution in [0.3, 0.4) is 0 Å². The lowest BCUT2D eigenvalue weighted by Gasteiger charge is -2.23. The molecule has 1 aromatic carbocycles.